The van der Waals surface area contributed by atoms with Crippen LogP contribution in [0.15, 0.2) is 35.4 Å². The van der Waals surface area contributed by atoms with Crippen molar-refractivity contribution in [1.82, 2.24) is 9.78 Å². The van der Waals surface area contributed by atoms with Crippen molar-refractivity contribution in [3.8, 4) is 5.88 Å². The van der Waals surface area contributed by atoms with E-state index in [0.717, 1.165) is 3.57 Å². The Hall–Kier alpha value is -0.900. The normalized spacial score (nSPS) is 11.7. The van der Waals surface area contributed by atoms with Crippen LogP contribution in [-0.4, -0.2) is 15.3 Å². The first kappa shape index (κ1) is 15.5. The lowest BCUT2D eigenvalue weighted by Gasteiger charge is -2.13. The second-order valence-electron chi connectivity index (χ2n) is 3.88. The van der Waals surface area contributed by atoms with Crippen molar-refractivity contribution in [1.29, 1.82) is 0 Å². The second-order valence-corrected chi connectivity index (χ2v) is 6.15. The quantitative estimate of drug-likeness (QED) is 0.554. The molecule has 0 saturated heterocycles. The first-order valence-electron chi connectivity index (χ1n) is 5.51. The number of aromatic nitrogens is 2. The maximum Gasteiger partial charge on any atom is 0.446 e. The van der Waals surface area contributed by atoms with Crippen LogP contribution < -0.4 is 4.74 Å². The zero-order valence-corrected chi connectivity index (χ0v) is 13.3. The Labute approximate surface area is 131 Å². The van der Waals surface area contributed by atoms with Crippen LogP contribution >= 0.6 is 34.4 Å². The van der Waals surface area contributed by atoms with E-state index in [-0.39, 0.29) is 23.3 Å². The van der Waals surface area contributed by atoms with Crippen LogP contribution in [0.25, 0.3) is 0 Å². The summed E-state index contributed by atoms with van der Waals surface area (Å²) in [5.74, 6) is 0.384. The number of halogens is 4. The van der Waals surface area contributed by atoms with Crippen LogP contribution in [0.5, 0.6) is 5.88 Å². The van der Waals surface area contributed by atoms with E-state index < -0.39 is 5.51 Å². The molecule has 1 heterocycles. The molecule has 0 spiro atoms. The molecule has 0 bridgehead atoms. The van der Waals surface area contributed by atoms with E-state index in [0.29, 0.717) is 11.4 Å². The van der Waals surface area contributed by atoms with Crippen molar-refractivity contribution < 1.29 is 17.9 Å². The number of thioether (sulfide) groups is 1. The second kappa shape index (κ2) is 6.25. The van der Waals surface area contributed by atoms with Crippen LogP contribution in [-0.2, 0) is 13.7 Å². The molecule has 0 aliphatic rings. The standard InChI is InChI=1S/C12H10F3IN2OS/c1-18-6-5-11(17-18)19-7-8-9(16)3-2-4-10(8)20-12(13,14)15/h2-6H,7H2,1H3. The Bertz CT molecular complexity index is 601. The minimum Gasteiger partial charge on any atom is -0.472 e. The summed E-state index contributed by atoms with van der Waals surface area (Å²) in [6.45, 7) is 0.0501. The van der Waals surface area contributed by atoms with Gasteiger partial charge in [0.25, 0.3) is 0 Å². The van der Waals surface area contributed by atoms with Crippen molar-refractivity contribution in [3.63, 3.8) is 0 Å². The van der Waals surface area contributed by atoms with Crippen molar-refractivity contribution in [2.75, 3.05) is 0 Å². The number of rotatable bonds is 4. The number of benzene rings is 1. The third kappa shape index (κ3) is 4.30. The molecule has 2 rings (SSSR count). The zero-order chi connectivity index (χ0) is 14.8. The number of alkyl halides is 3. The van der Waals surface area contributed by atoms with Gasteiger partial charge >= 0.3 is 5.51 Å². The number of ether oxygens (including phenoxy) is 1. The first-order chi connectivity index (χ1) is 9.35. The van der Waals surface area contributed by atoms with Gasteiger partial charge in [0.2, 0.25) is 5.88 Å². The van der Waals surface area contributed by atoms with E-state index >= 15 is 0 Å². The average molecular weight is 414 g/mol. The summed E-state index contributed by atoms with van der Waals surface area (Å²) in [6, 6.07) is 6.45. The van der Waals surface area contributed by atoms with E-state index in [1.807, 2.05) is 22.6 Å². The molecule has 8 heteroatoms. The fourth-order valence-corrected chi connectivity index (χ4v) is 3.04. The topological polar surface area (TPSA) is 27.1 Å². The third-order valence-electron chi connectivity index (χ3n) is 2.36. The summed E-state index contributed by atoms with van der Waals surface area (Å²) in [4.78, 5) is 0.153. The lowest BCUT2D eigenvalue weighted by Crippen LogP contribution is -2.05. The zero-order valence-electron chi connectivity index (χ0n) is 10.3. The molecule has 1 aromatic heterocycles. The molecule has 2 aromatic rings. The lowest BCUT2D eigenvalue weighted by atomic mass is 10.2. The molecule has 108 valence electrons. The van der Waals surface area contributed by atoms with Crippen molar-refractivity contribution in [3.05, 3.63) is 39.6 Å². The Kier molecular flexibility index (Phi) is 4.84. The van der Waals surface area contributed by atoms with Gasteiger partial charge in [-0.3, -0.25) is 4.68 Å². The van der Waals surface area contributed by atoms with Crippen molar-refractivity contribution in [2.45, 2.75) is 17.0 Å². The van der Waals surface area contributed by atoms with Crippen LogP contribution in [0, 0.1) is 3.57 Å². The highest BCUT2D eigenvalue weighted by Gasteiger charge is 2.30. The molecule has 0 aliphatic heterocycles. The average Bonchev–Trinajstić information content (AvgIpc) is 2.72. The summed E-state index contributed by atoms with van der Waals surface area (Å²) >= 11 is 1.87. The maximum atomic E-state index is 12.5. The molecule has 0 fully saturated rings. The summed E-state index contributed by atoms with van der Waals surface area (Å²) in [7, 11) is 1.74. The smallest absolute Gasteiger partial charge is 0.446 e. The summed E-state index contributed by atoms with van der Waals surface area (Å²) < 4.78 is 45.3. The van der Waals surface area contributed by atoms with Gasteiger partial charge in [-0.25, -0.2) is 0 Å². The van der Waals surface area contributed by atoms with Gasteiger partial charge in [0.1, 0.15) is 6.61 Å². The fraction of sp³-hybridized carbons (Fsp3) is 0.250. The van der Waals surface area contributed by atoms with Gasteiger partial charge < -0.3 is 4.74 Å². The fourth-order valence-electron chi connectivity index (χ4n) is 1.52. The molecule has 0 N–H and O–H groups in total. The monoisotopic (exact) mass is 414 g/mol. The molecule has 3 nitrogen and oxygen atoms in total. The highest BCUT2D eigenvalue weighted by molar-refractivity contribution is 14.1. The number of nitrogens with zero attached hydrogens (tertiary/aromatic N) is 2. The van der Waals surface area contributed by atoms with Gasteiger partial charge in [0, 0.05) is 33.3 Å². The summed E-state index contributed by atoms with van der Waals surface area (Å²) in [6.07, 6.45) is 1.71. The number of hydrogen-bond acceptors (Lipinski definition) is 3. The lowest BCUT2D eigenvalue weighted by molar-refractivity contribution is -0.0328. The van der Waals surface area contributed by atoms with E-state index in [4.69, 9.17) is 4.74 Å². The highest BCUT2D eigenvalue weighted by Crippen LogP contribution is 2.39. The molecule has 0 saturated carbocycles. The van der Waals surface area contributed by atoms with E-state index in [1.165, 1.54) is 6.07 Å². The van der Waals surface area contributed by atoms with E-state index in [9.17, 15) is 13.2 Å². The third-order valence-corrected chi connectivity index (χ3v) is 4.20. The van der Waals surface area contributed by atoms with Crippen LogP contribution in [0.3, 0.4) is 0 Å². The predicted octanol–water partition coefficient (Wildman–Crippen LogP) is 4.22. The van der Waals surface area contributed by atoms with E-state index in [1.54, 1.807) is 36.1 Å². The van der Waals surface area contributed by atoms with Gasteiger partial charge in [-0.1, -0.05) is 6.07 Å². The molecule has 0 aliphatic carbocycles. The predicted molar refractivity (Wildman–Crippen MR) is 78.6 cm³/mol. The Morgan fingerprint density at radius 1 is 1.35 bits per heavy atom. The molecule has 0 radical (unpaired) electrons. The van der Waals surface area contributed by atoms with Crippen molar-refractivity contribution in [2.24, 2.45) is 7.05 Å². The van der Waals surface area contributed by atoms with E-state index in [2.05, 4.69) is 5.10 Å². The van der Waals surface area contributed by atoms with Gasteiger partial charge in [-0.05, 0) is 46.5 Å². The number of hydrogen-bond donors (Lipinski definition) is 0. The van der Waals surface area contributed by atoms with Gasteiger partial charge in [0.05, 0.1) is 0 Å². The first-order valence-corrected chi connectivity index (χ1v) is 7.40. The molecular formula is C12H10F3IN2OS. The maximum absolute atomic E-state index is 12.5. The van der Waals surface area contributed by atoms with Crippen LogP contribution in [0.2, 0.25) is 0 Å². The number of aryl methyl sites for hydroxylation is 1. The largest absolute Gasteiger partial charge is 0.472 e. The van der Waals surface area contributed by atoms with Crippen LogP contribution in [0.4, 0.5) is 13.2 Å². The Balaban J connectivity index is 2.17. The van der Waals surface area contributed by atoms with Gasteiger partial charge in [-0.15, -0.1) is 5.10 Å². The SMILES string of the molecule is Cn1ccc(OCc2c(I)cccc2SC(F)(F)F)n1. The Morgan fingerprint density at radius 2 is 2.10 bits per heavy atom. The molecule has 1 aromatic carbocycles. The summed E-state index contributed by atoms with van der Waals surface area (Å²) in [5.41, 5.74) is -3.80. The Morgan fingerprint density at radius 3 is 2.70 bits per heavy atom. The molecule has 0 unspecified atom stereocenters. The molecular weight excluding hydrogens is 404 g/mol. The van der Waals surface area contributed by atoms with Gasteiger partial charge in [-0.2, -0.15) is 13.2 Å². The molecule has 0 atom stereocenters. The molecule has 20 heavy (non-hydrogen) atoms. The minimum absolute atomic E-state index is 0.0501. The van der Waals surface area contributed by atoms with Crippen LogP contribution in [0.1, 0.15) is 5.56 Å². The minimum atomic E-state index is -4.32. The summed E-state index contributed by atoms with van der Waals surface area (Å²) in [5, 5.41) is 4.02. The van der Waals surface area contributed by atoms with Gasteiger partial charge in [0.15, 0.2) is 0 Å². The highest BCUT2D eigenvalue weighted by atomic mass is 127. The molecule has 0 amide bonds. The van der Waals surface area contributed by atoms with Crippen molar-refractivity contribution >= 4 is 34.4 Å².